The lowest BCUT2D eigenvalue weighted by Crippen LogP contribution is -2.47. The zero-order chi connectivity index (χ0) is 27.9. The number of nitrogens with two attached hydrogens (primary N) is 2. The van der Waals surface area contributed by atoms with Crippen LogP contribution in [-0.2, 0) is 29.8 Å². The second kappa shape index (κ2) is 12.3. The van der Waals surface area contributed by atoms with Gasteiger partial charge in [-0.15, -0.1) is 0 Å². The van der Waals surface area contributed by atoms with Crippen molar-refractivity contribution in [1.29, 1.82) is 0 Å². The summed E-state index contributed by atoms with van der Waals surface area (Å²) in [4.78, 5) is 15.9. The van der Waals surface area contributed by atoms with Crippen LogP contribution in [0.5, 0.6) is 11.5 Å². The number of carboxylic acids is 1. The fourth-order valence-electron chi connectivity index (χ4n) is 3.81. The van der Waals surface area contributed by atoms with Crippen LogP contribution in [0.15, 0.2) is 57.4 Å². The number of carbonyl (C=O) groups is 1. The molecule has 2 aromatic carbocycles. The number of nitrogens with zero attached hydrogens (tertiary/aromatic N) is 2. The van der Waals surface area contributed by atoms with Gasteiger partial charge >= 0.3 is 16.1 Å². The first-order valence-electron chi connectivity index (χ1n) is 11.6. The Morgan fingerprint density at radius 3 is 2.34 bits per heavy atom. The smallest absolute Gasteiger partial charge is 0.339 e. The van der Waals surface area contributed by atoms with Gasteiger partial charge in [-0.1, -0.05) is 0 Å². The Morgan fingerprint density at radius 1 is 1.03 bits per heavy atom. The van der Waals surface area contributed by atoms with Crippen LogP contribution in [0.2, 0.25) is 0 Å². The topological polar surface area (TPSA) is 201 Å². The molecule has 0 amide bonds. The van der Waals surface area contributed by atoms with Gasteiger partial charge in [0.15, 0.2) is 0 Å². The van der Waals surface area contributed by atoms with Crippen molar-refractivity contribution in [3.63, 3.8) is 0 Å². The molecule has 0 aromatic heterocycles. The Labute approximate surface area is 221 Å². The standard InChI is InChI=1S/C23H30N4O9S2/c1-16-13-17(34-11-4-12-35-26-23(24)25)15-18(14-16)36-38(32,33)20-8-6-19(7-9-20)37(30,31)27-10-3-2-5-21(27)22(28)29/h6-9,13-15,21H,2-5,10-12H2,1H3,(H,28,29)(H4,24,25,26). The molecule has 208 valence electrons. The lowest BCUT2D eigenvalue weighted by atomic mass is 10.1. The first-order valence-corrected chi connectivity index (χ1v) is 14.5. The van der Waals surface area contributed by atoms with Crippen LogP contribution >= 0.6 is 0 Å². The quantitative estimate of drug-likeness (QED) is 0.109. The van der Waals surface area contributed by atoms with Crippen molar-refractivity contribution in [2.75, 3.05) is 19.8 Å². The summed E-state index contributed by atoms with van der Waals surface area (Å²) in [5.74, 6) is -1.04. The Balaban J connectivity index is 1.70. The highest BCUT2D eigenvalue weighted by Gasteiger charge is 2.37. The number of hydrogen-bond donors (Lipinski definition) is 3. The first-order chi connectivity index (χ1) is 17.9. The minimum absolute atomic E-state index is 0.00562. The molecule has 38 heavy (non-hydrogen) atoms. The number of hydrogen-bond acceptors (Lipinski definition) is 9. The van der Waals surface area contributed by atoms with E-state index in [0.29, 0.717) is 30.6 Å². The first kappa shape index (κ1) is 29.0. The number of benzene rings is 2. The molecule has 5 N–H and O–H groups in total. The molecule has 1 unspecified atom stereocenters. The van der Waals surface area contributed by atoms with Crippen LogP contribution in [0.4, 0.5) is 0 Å². The van der Waals surface area contributed by atoms with E-state index in [1.165, 1.54) is 12.1 Å². The number of aliphatic carboxylic acids is 1. The summed E-state index contributed by atoms with van der Waals surface area (Å²) in [6, 6.07) is 7.89. The summed E-state index contributed by atoms with van der Waals surface area (Å²) in [5, 5.41) is 12.8. The molecule has 0 radical (unpaired) electrons. The zero-order valence-electron chi connectivity index (χ0n) is 20.6. The number of rotatable bonds is 12. The number of ether oxygens (including phenoxy) is 1. The molecule has 1 fully saturated rings. The van der Waals surface area contributed by atoms with Crippen molar-refractivity contribution in [3.05, 3.63) is 48.0 Å². The molecule has 1 atom stereocenters. The average Bonchev–Trinajstić information content (AvgIpc) is 2.85. The molecule has 2 aromatic rings. The second-order valence-electron chi connectivity index (χ2n) is 8.51. The molecule has 1 aliphatic heterocycles. The minimum atomic E-state index is -4.32. The summed E-state index contributed by atoms with van der Waals surface area (Å²) in [7, 11) is -8.45. The molecule has 13 nitrogen and oxygen atoms in total. The van der Waals surface area contributed by atoms with E-state index in [9.17, 15) is 26.7 Å². The molecule has 1 aliphatic rings. The van der Waals surface area contributed by atoms with Crippen LogP contribution in [0.3, 0.4) is 0 Å². The van der Waals surface area contributed by atoms with Crippen molar-refractivity contribution in [2.24, 2.45) is 16.6 Å². The minimum Gasteiger partial charge on any atom is -0.493 e. The van der Waals surface area contributed by atoms with E-state index in [1.807, 2.05) is 0 Å². The molecule has 15 heteroatoms. The molecule has 3 rings (SSSR count). The van der Waals surface area contributed by atoms with Crippen molar-refractivity contribution in [1.82, 2.24) is 4.31 Å². The molecular formula is C23H30N4O9S2. The summed E-state index contributed by atoms with van der Waals surface area (Å²) < 4.78 is 63.6. The number of aryl methyl sites for hydroxylation is 1. The summed E-state index contributed by atoms with van der Waals surface area (Å²) in [5.41, 5.74) is 11.0. The van der Waals surface area contributed by atoms with Crippen LogP contribution in [0.25, 0.3) is 0 Å². The molecule has 0 aliphatic carbocycles. The molecular weight excluding hydrogens is 540 g/mol. The van der Waals surface area contributed by atoms with Gasteiger partial charge in [-0.2, -0.15) is 12.7 Å². The van der Waals surface area contributed by atoms with E-state index in [4.69, 9.17) is 25.2 Å². The maximum absolute atomic E-state index is 13.0. The van der Waals surface area contributed by atoms with E-state index in [1.54, 1.807) is 13.0 Å². The third-order valence-corrected chi connectivity index (χ3v) is 8.69. The van der Waals surface area contributed by atoms with Crippen LogP contribution in [0.1, 0.15) is 31.2 Å². The van der Waals surface area contributed by atoms with Crippen LogP contribution in [0, 0.1) is 6.92 Å². The number of sulfonamides is 1. The van der Waals surface area contributed by atoms with Crippen molar-refractivity contribution < 1.29 is 40.5 Å². The van der Waals surface area contributed by atoms with Crippen LogP contribution in [-0.4, -0.2) is 64.0 Å². The Bertz CT molecular complexity index is 1370. The molecule has 0 bridgehead atoms. The maximum Gasteiger partial charge on any atom is 0.339 e. The number of carboxylic acid groups (broad SMARTS) is 1. The Kier molecular flexibility index (Phi) is 9.40. The van der Waals surface area contributed by atoms with Gasteiger partial charge in [0, 0.05) is 19.0 Å². The Morgan fingerprint density at radius 2 is 1.68 bits per heavy atom. The molecule has 1 saturated heterocycles. The largest absolute Gasteiger partial charge is 0.493 e. The fraction of sp³-hybridized carbons (Fsp3) is 0.391. The van der Waals surface area contributed by atoms with E-state index in [-0.39, 0.29) is 47.7 Å². The summed E-state index contributed by atoms with van der Waals surface area (Å²) in [6.07, 6.45) is 1.82. The SMILES string of the molecule is Cc1cc(OCCCON=C(N)N)cc(OS(=O)(=O)c2ccc(S(=O)(=O)N3CCCCC3C(=O)O)cc2)c1. The average molecular weight is 571 g/mol. The number of guanidine groups is 1. The highest BCUT2D eigenvalue weighted by Crippen LogP contribution is 2.28. The van der Waals surface area contributed by atoms with Crippen molar-refractivity contribution >= 4 is 32.1 Å². The maximum atomic E-state index is 13.0. The fourth-order valence-corrected chi connectivity index (χ4v) is 6.37. The Hall–Kier alpha value is -3.56. The molecule has 0 spiro atoms. The zero-order valence-corrected chi connectivity index (χ0v) is 22.3. The van der Waals surface area contributed by atoms with E-state index >= 15 is 0 Å². The van der Waals surface area contributed by atoms with Gasteiger partial charge in [-0.05, 0) is 73.3 Å². The highest BCUT2D eigenvalue weighted by atomic mass is 32.2. The van der Waals surface area contributed by atoms with Gasteiger partial charge in [-0.3, -0.25) is 4.79 Å². The number of oxime groups is 1. The summed E-state index contributed by atoms with van der Waals surface area (Å²) in [6.45, 7) is 2.26. The van der Waals surface area contributed by atoms with E-state index < -0.39 is 32.2 Å². The molecule has 1 heterocycles. The van der Waals surface area contributed by atoms with E-state index in [2.05, 4.69) is 5.16 Å². The van der Waals surface area contributed by atoms with Crippen LogP contribution < -0.4 is 20.4 Å². The van der Waals surface area contributed by atoms with Crippen molar-refractivity contribution in [3.8, 4) is 11.5 Å². The lowest BCUT2D eigenvalue weighted by molar-refractivity contribution is -0.142. The van der Waals surface area contributed by atoms with Gasteiger partial charge in [0.1, 0.15) is 29.0 Å². The van der Waals surface area contributed by atoms with Gasteiger partial charge in [0.05, 0.1) is 11.5 Å². The van der Waals surface area contributed by atoms with Gasteiger partial charge in [0.25, 0.3) is 0 Å². The normalized spacial score (nSPS) is 16.4. The monoisotopic (exact) mass is 570 g/mol. The predicted molar refractivity (Wildman–Crippen MR) is 136 cm³/mol. The predicted octanol–water partition coefficient (Wildman–Crippen LogP) is 1.36. The molecule has 0 saturated carbocycles. The summed E-state index contributed by atoms with van der Waals surface area (Å²) >= 11 is 0. The van der Waals surface area contributed by atoms with Gasteiger partial charge in [-0.25, -0.2) is 8.42 Å². The van der Waals surface area contributed by atoms with Crippen molar-refractivity contribution in [2.45, 2.75) is 48.4 Å². The van der Waals surface area contributed by atoms with E-state index in [0.717, 1.165) is 28.6 Å². The van der Waals surface area contributed by atoms with Gasteiger partial charge in [0.2, 0.25) is 16.0 Å². The van der Waals surface area contributed by atoms with Gasteiger partial charge < -0.3 is 30.3 Å². The third kappa shape index (κ3) is 7.49. The number of piperidine rings is 1. The second-order valence-corrected chi connectivity index (χ2v) is 11.9. The third-order valence-electron chi connectivity index (χ3n) is 5.51. The lowest BCUT2D eigenvalue weighted by Gasteiger charge is -2.31. The highest BCUT2D eigenvalue weighted by molar-refractivity contribution is 7.89.